The number of nitrogens with one attached hydrogen (secondary N) is 1. The summed E-state index contributed by atoms with van der Waals surface area (Å²) >= 11 is 11.9. The largest absolute Gasteiger partial charge is 0.505 e. The van der Waals surface area contributed by atoms with Crippen LogP contribution >= 0.6 is 23.2 Å². The van der Waals surface area contributed by atoms with Crippen LogP contribution in [0, 0.1) is 17.3 Å². The van der Waals surface area contributed by atoms with Gasteiger partial charge in [-0.05, 0) is 55.1 Å². The van der Waals surface area contributed by atoms with Gasteiger partial charge in [-0.2, -0.15) is 0 Å². The highest BCUT2D eigenvalue weighted by atomic mass is 35.5. The zero-order valence-corrected chi connectivity index (χ0v) is 14.6. The van der Waals surface area contributed by atoms with Crippen molar-refractivity contribution in [3.63, 3.8) is 0 Å². The molecule has 0 aliphatic heterocycles. The molecule has 1 aromatic carbocycles. The molecule has 0 unspecified atom stereocenters. The third-order valence-electron chi connectivity index (χ3n) is 4.68. The van der Waals surface area contributed by atoms with E-state index in [-0.39, 0.29) is 5.75 Å². The first-order chi connectivity index (χ1) is 9.77. The molecule has 0 saturated heterocycles. The summed E-state index contributed by atoms with van der Waals surface area (Å²) < 4.78 is 0. The molecule has 2 N–H and O–H groups in total. The summed E-state index contributed by atoms with van der Waals surface area (Å²) in [4.78, 5) is 0. The van der Waals surface area contributed by atoms with Crippen LogP contribution < -0.4 is 5.32 Å². The highest BCUT2D eigenvalue weighted by Crippen LogP contribution is 2.40. The van der Waals surface area contributed by atoms with E-state index in [1.54, 1.807) is 12.1 Å². The molecule has 1 saturated carbocycles. The van der Waals surface area contributed by atoms with Crippen molar-refractivity contribution in [2.45, 2.75) is 46.5 Å². The number of phenols is 1. The molecule has 0 radical (unpaired) electrons. The molecule has 1 aliphatic rings. The first-order valence-electron chi connectivity index (χ1n) is 7.69. The minimum atomic E-state index is -0.0467. The Morgan fingerprint density at radius 3 is 2.10 bits per heavy atom. The number of aromatic hydroxyl groups is 1. The first-order valence-corrected chi connectivity index (χ1v) is 8.45. The number of benzene rings is 1. The Morgan fingerprint density at radius 2 is 1.62 bits per heavy atom. The summed E-state index contributed by atoms with van der Waals surface area (Å²) in [6, 6.07) is 3.45. The standard InChI is InChI=1S/C17H25Cl2NO/c1-17(2,3)12-6-4-11(5-7-12)10-20-13-8-14(18)16(21)15(19)9-13/h8-9,11-12,20-21H,4-7,10H2,1-3H3. The van der Waals surface area contributed by atoms with Gasteiger partial charge >= 0.3 is 0 Å². The minimum Gasteiger partial charge on any atom is -0.505 e. The van der Waals surface area contributed by atoms with E-state index in [1.165, 1.54) is 25.7 Å². The van der Waals surface area contributed by atoms with Gasteiger partial charge in [-0.1, -0.05) is 44.0 Å². The molecule has 1 aliphatic carbocycles. The van der Waals surface area contributed by atoms with E-state index < -0.39 is 0 Å². The van der Waals surface area contributed by atoms with Gasteiger partial charge in [-0.25, -0.2) is 0 Å². The lowest BCUT2D eigenvalue weighted by atomic mass is 9.70. The zero-order valence-electron chi connectivity index (χ0n) is 13.0. The van der Waals surface area contributed by atoms with E-state index in [4.69, 9.17) is 23.2 Å². The number of hydrogen-bond acceptors (Lipinski definition) is 2. The van der Waals surface area contributed by atoms with Crippen molar-refractivity contribution in [2.24, 2.45) is 17.3 Å². The second-order valence-electron chi connectivity index (χ2n) is 7.25. The molecule has 0 heterocycles. The number of hydrogen-bond donors (Lipinski definition) is 2. The lowest BCUT2D eigenvalue weighted by molar-refractivity contribution is 0.153. The quantitative estimate of drug-likeness (QED) is 0.670. The molecular formula is C17H25Cl2NO. The van der Waals surface area contributed by atoms with Gasteiger partial charge in [-0.3, -0.25) is 0 Å². The van der Waals surface area contributed by atoms with E-state index in [2.05, 4.69) is 26.1 Å². The average molecular weight is 330 g/mol. The van der Waals surface area contributed by atoms with Crippen LogP contribution in [-0.2, 0) is 0 Å². The second kappa shape index (κ2) is 6.66. The molecule has 1 aromatic rings. The molecule has 0 bridgehead atoms. The molecule has 4 heteroatoms. The maximum Gasteiger partial charge on any atom is 0.152 e. The topological polar surface area (TPSA) is 32.3 Å². The smallest absolute Gasteiger partial charge is 0.152 e. The van der Waals surface area contributed by atoms with Gasteiger partial charge < -0.3 is 10.4 Å². The third kappa shape index (κ3) is 4.43. The van der Waals surface area contributed by atoms with Gasteiger partial charge in [0.1, 0.15) is 0 Å². The van der Waals surface area contributed by atoms with Gasteiger partial charge in [0.15, 0.2) is 5.75 Å². The maximum atomic E-state index is 9.56. The van der Waals surface area contributed by atoms with Crippen LogP contribution in [0.2, 0.25) is 10.0 Å². The summed E-state index contributed by atoms with van der Waals surface area (Å²) in [6.45, 7) is 7.97. The van der Waals surface area contributed by atoms with Gasteiger partial charge in [-0.15, -0.1) is 0 Å². The lowest BCUT2D eigenvalue weighted by Gasteiger charge is -2.37. The fourth-order valence-electron chi connectivity index (χ4n) is 3.16. The molecule has 1 fully saturated rings. The zero-order chi connectivity index (χ0) is 15.6. The Balaban J connectivity index is 1.85. The predicted octanol–water partition coefficient (Wildman–Crippen LogP) is 5.96. The Kier molecular flexibility index (Phi) is 5.32. The van der Waals surface area contributed by atoms with Crippen molar-refractivity contribution in [3.8, 4) is 5.75 Å². The number of phenolic OH excluding ortho intramolecular Hbond substituents is 1. The molecule has 21 heavy (non-hydrogen) atoms. The van der Waals surface area contributed by atoms with Crippen LogP contribution in [0.1, 0.15) is 46.5 Å². The molecular weight excluding hydrogens is 305 g/mol. The highest BCUT2D eigenvalue weighted by molar-refractivity contribution is 6.37. The molecule has 2 rings (SSSR count). The fraction of sp³-hybridized carbons (Fsp3) is 0.647. The van der Waals surface area contributed by atoms with Crippen LogP contribution in [0.4, 0.5) is 5.69 Å². The summed E-state index contributed by atoms with van der Waals surface area (Å²) in [7, 11) is 0. The summed E-state index contributed by atoms with van der Waals surface area (Å²) in [5.74, 6) is 1.50. The van der Waals surface area contributed by atoms with Crippen molar-refractivity contribution < 1.29 is 5.11 Å². The Bertz CT molecular complexity index is 465. The summed E-state index contributed by atoms with van der Waals surface area (Å²) in [5, 5.41) is 13.5. The normalized spacial score (nSPS) is 23.1. The Hall–Kier alpha value is -0.600. The molecule has 118 valence electrons. The maximum absolute atomic E-state index is 9.56. The monoisotopic (exact) mass is 329 g/mol. The SMILES string of the molecule is CC(C)(C)C1CCC(CNc2cc(Cl)c(O)c(Cl)c2)CC1. The molecule has 0 spiro atoms. The number of halogens is 2. The molecule has 2 nitrogen and oxygen atoms in total. The minimum absolute atomic E-state index is 0.0467. The van der Waals surface area contributed by atoms with Gasteiger partial charge in [0, 0.05) is 12.2 Å². The van der Waals surface area contributed by atoms with E-state index >= 15 is 0 Å². The van der Waals surface area contributed by atoms with Gasteiger partial charge in [0.25, 0.3) is 0 Å². The first kappa shape index (κ1) is 16.8. The van der Waals surface area contributed by atoms with Crippen molar-refractivity contribution >= 4 is 28.9 Å². The van der Waals surface area contributed by atoms with Crippen LogP contribution in [-0.4, -0.2) is 11.7 Å². The van der Waals surface area contributed by atoms with Crippen LogP contribution in [0.5, 0.6) is 5.75 Å². The second-order valence-corrected chi connectivity index (χ2v) is 8.07. The van der Waals surface area contributed by atoms with Crippen LogP contribution in [0.15, 0.2) is 12.1 Å². The summed E-state index contributed by atoms with van der Waals surface area (Å²) in [5.41, 5.74) is 1.30. The van der Waals surface area contributed by atoms with Crippen LogP contribution in [0.3, 0.4) is 0 Å². The molecule has 0 amide bonds. The van der Waals surface area contributed by atoms with Crippen molar-refractivity contribution in [3.05, 3.63) is 22.2 Å². The van der Waals surface area contributed by atoms with E-state index in [0.29, 0.717) is 21.4 Å². The highest BCUT2D eigenvalue weighted by Gasteiger charge is 2.29. The lowest BCUT2D eigenvalue weighted by Crippen LogP contribution is -2.28. The molecule has 0 aromatic heterocycles. The van der Waals surface area contributed by atoms with Crippen LogP contribution in [0.25, 0.3) is 0 Å². The number of anilines is 1. The van der Waals surface area contributed by atoms with E-state index in [1.807, 2.05) is 0 Å². The average Bonchev–Trinajstić information content (AvgIpc) is 2.42. The van der Waals surface area contributed by atoms with Crippen molar-refractivity contribution in [1.29, 1.82) is 0 Å². The van der Waals surface area contributed by atoms with Gasteiger partial charge in [0.2, 0.25) is 0 Å². The molecule has 0 atom stereocenters. The van der Waals surface area contributed by atoms with E-state index in [9.17, 15) is 5.11 Å². The summed E-state index contributed by atoms with van der Waals surface area (Å²) in [6.07, 6.45) is 5.17. The van der Waals surface area contributed by atoms with Crippen molar-refractivity contribution in [2.75, 3.05) is 11.9 Å². The Morgan fingerprint density at radius 1 is 1.10 bits per heavy atom. The number of rotatable bonds is 3. The predicted molar refractivity (Wildman–Crippen MR) is 91.5 cm³/mol. The third-order valence-corrected chi connectivity index (χ3v) is 5.26. The Labute approximate surface area is 137 Å². The fourth-order valence-corrected chi connectivity index (χ4v) is 3.65. The van der Waals surface area contributed by atoms with Gasteiger partial charge in [0.05, 0.1) is 10.0 Å². The van der Waals surface area contributed by atoms with E-state index in [0.717, 1.165) is 18.2 Å². The van der Waals surface area contributed by atoms with Crippen molar-refractivity contribution in [1.82, 2.24) is 0 Å².